The van der Waals surface area contributed by atoms with E-state index in [4.69, 9.17) is 4.43 Å². The third-order valence-corrected chi connectivity index (χ3v) is 2.11. The Bertz CT molecular complexity index is 19.5. The third kappa shape index (κ3) is 4.18. The quantitative estimate of drug-likeness (QED) is 0.375. The van der Waals surface area contributed by atoms with E-state index >= 15 is 0 Å². The molecule has 0 spiro atoms. The van der Waals surface area contributed by atoms with Crippen LogP contribution in [-0.2, 0) is 4.43 Å². The molecule has 0 heterocycles. The van der Waals surface area contributed by atoms with Crippen LogP contribution in [0.2, 0.25) is 6.04 Å². The van der Waals surface area contributed by atoms with Crippen LogP contribution >= 0.6 is 0 Å². The molecule has 0 atom stereocenters. The number of hydrogen-bond acceptors (Lipinski definition) is 1. The molecule has 0 saturated carbocycles. The van der Waals surface area contributed by atoms with Crippen molar-refractivity contribution in [2.45, 2.75) is 19.4 Å². The molecule has 0 radical (unpaired) electrons. The SMILES string of the molecule is CCC[SiH2]OC. The van der Waals surface area contributed by atoms with Crippen LogP contribution in [0.4, 0.5) is 0 Å². The Morgan fingerprint density at radius 1 is 1.67 bits per heavy atom. The minimum absolute atomic E-state index is 0.0783. The van der Waals surface area contributed by atoms with Gasteiger partial charge in [-0.3, -0.25) is 0 Å². The van der Waals surface area contributed by atoms with Gasteiger partial charge in [0, 0.05) is 7.11 Å². The average molecular weight is 104 g/mol. The molecular weight excluding hydrogens is 92.1 g/mol. The summed E-state index contributed by atoms with van der Waals surface area (Å²) in [6, 6.07) is 1.33. The first-order chi connectivity index (χ1) is 2.91. The fraction of sp³-hybridized carbons (Fsp3) is 1.00. The van der Waals surface area contributed by atoms with Gasteiger partial charge in [-0.2, -0.15) is 0 Å². The smallest absolute Gasteiger partial charge is 0.161 e. The van der Waals surface area contributed by atoms with Gasteiger partial charge in [0.25, 0.3) is 0 Å². The van der Waals surface area contributed by atoms with Crippen molar-refractivity contribution in [3.8, 4) is 0 Å². The highest BCUT2D eigenvalue weighted by Crippen LogP contribution is 1.82. The van der Waals surface area contributed by atoms with E-state index in [1.165, 1.54) is 12.5 Å². The highest BCUT2D eigenvalue weighted by molar-refractivity contribution is 6.26. The van der Waals surface area contributed by atoms with E-state index in [0.29, 0.717) is 0 Å². The van der Waals surface area contributed by atoms with Gasteiger partial charge in [-0.05, 0) is 6.04 Å². The Morgan fingerprint density at radius 3 is 2.50 bits per heavy atom. The van der Waals surface area contributed by atoms with Gasteiger partial charge >= 0.3 is 0 Å². The van der Waals surface area contributed by atoms with Gasteiger partial charge in [-0.1, -0.05) is 13.3 Å². The second kappa shape index (κ2) is 5.18. The summed E-state index contributed by atoms with van der Waals surface area (Å²) in [6.07, 6.45) is 1.29. The molecule has 0 aromatic rings. The zero-order valence-corrected chi connectivity index (χ0v) is 5.94. The van der Waals surface area contributed by atoms with E-state index in [-0.39, 0.29) is 9.76 Å². The minimum Gasteiger partial charge on any atom is -0.427 e. The largest absolute Gasteiger partial charge is 0.427 e. The Balaban J connectivity index is 2.34. The van der Waals surface area contributed by atoms with Crippen molar-refractivity contribution in [2.24, 2.45) is 0 Å². The van der Waals surface area contributed by atoms with Crippen LogP contribution in [0.1, 0.15) is 13.3 Å². The van der Waals surface area contributed by atoms with Crippen molar-refractivity contribution in [2.75, 3.05) is 7.11 Å². The molecule has 0 aliphatic heterocycles. The van der Waals surface area contributed by atoms with Gasteiger partial charge in [-0.15, -0.1) is 0 Å². The van der Waals surface area contributed by atoms with E-state index in [0.717, 1.165) is 0 Å². The van der Waals surface area contributed by atoms with E-state index in [1.807, 2.05) is 0 Å². The van der Waals surface area contributed by atoms with Crippen LogP contribution in [0, 0.1) is 0 Å². The van der Waals surface area contributed by atoms with Crippen LogP contribution in [0.5, 0.6) is 0 Å². The fourth-order valence-electron chi connectivity index (χ4n) is 0.289. The summed E-state index contributed by atoms with van der Waals surface area (Å²) in [5.74, 6) is 0. The molecule has 1 nitrogen and oxygen atoms in total. The van der Waals surface area contributed by atoms with E-state index in [9.17, 15) is 0 Å². The van der Waals surface area contributed by atoms with Crippen molar-refractivity contribution in [1.82, 2.24) is 0 Å². The molecule has 0 aliphatic rings. The first-order valence-corrected chi connectivity index (χ1v) is 3.98. The Hall–Kier alpha value is 0.177. The zero-order chi connectivity index (χ0) is 4.83. The second-order valence-corrected chi connectivity index (χ2v) is 3.04. The molecule has 0 fully saturated rings. The van der Waals surface area contributed by atoms with Crippen molar-refractivity contribution in [1.29, 1.82) is 0 Å². The molecule has 0 unspecified atom stereocenters. The standard InChI is InChI=1S/C4H12OSi/c1-3-4-6-5-2/h3-4,6H2,1-2H3. The molecule has 0 rings (SSSR count). The zero-order valence-electron chi connectivity index (χ0n) is 4.53. The van der Waals surface area contributed by atoms with Gasteiger partial charge < -0.3 is 4.43 Å². The maximum Gasteiger partial charge on any atom is 0.161 e. The maximum atomic E-state index is 4.92. The summed E-state index contributed by atoms with van der Waals surface area (Å²) in [6.45, 7) is 2.19. The summed E-state index contributed by atoms with van der Waals surface area (Å²) >= 11 is 0. The molecule has 2 heteroatoms. The maximum absolute atomic E-state index is 4.92. The summed E-state index contributed by atoms with van der Waals surface area (Å²) in [5.41, 5.74) is 0. The fourth-order valence-corrected chi connectivity index (χ4v) is 0.866. The molecule has 38 valence electrons. The highest BCUT2D eigenvalue weighted by atomic mass is 28.2. The normalized spacial score (nSPS) is 11.0. The lowest BCUT2D eigenvalue weighted by molar-refractivity contribution is 0.440. The van der Waals surface area contributed by atoms with Gasteiger partial charge in [0.05, 0.1) is 0 Å². The first kappa shape index (κ1) is 6.18. The summed E-state index contributed by atoms with van der Waals surface area (Å²) < 4.78 is 4.92. The predicted molar refractivity (Wildman–Crippen MR) is 30.7 cm³/mol. The summed E-state index contributed by atoms with van der Waals surface area (Å²) in [7, 11) is 1.72. The number of hydrogen-bond donors (Lipinski definition) is 0. The van der Waals surface area contributed by atoms with Crippen molar-refractivity contribution in [3.63, 3.8) is 0 Å². The van der Waals surface area contributed by atoms with E-state index < -0.39 is 0 Å². The first-order valence-electron chi connectivity index (χ1n) is 2.40. The number of rotatable bonds is 3. The van der Waals surface area contributed by atoms with E-state index in [1.54, 1.807) is 7.11 Å². The lowest BCUT2D eigenvalue weighted by Gasteiger charge is -1.88. The molecule has 0 amide bonds. The average Bonchev–Trinajstić information content (AvgIpc) is 1.61. The lowest BCUT2D eigenvalue weighted by Crippen LogP contribution is -1.89. The monoisotopic (exact) mass is 104 g/mol. The van der Waals surface area contributed by atoms with Gasteiger partial charge in [0.1, 0.15) is 0 Å². The molecular formula is C4H12OSi. The van der Waals surface area contributed by atoms with Crippen LogP contribution in [0.25, 0.3) is 0 Å². The van der Waals surface area contributed by atoms with Crippen molar-refractivity contribution >= 4 is 9.76 Å². The lowest BCUT2D eigenvalue weighted by atomic mass is 10.6. The Labute approximate surface area is 41.6 Å². The van der Waals surface area contributed by atoms with E-state index in [2.05, 4.69) is 6.92 Å². The third-order valence-electron chi connectivity index (χ3n) is 0.702. The Kier molecular flexibility index (Phi) is 5.33. The van der Waals surface area contributed by atoms with Gasteiger partial charge in [0.2, 0.25) is 0 Å². The predicted octanol–water partition coefficient (Wildman–Crippen LogP) is 0.545. The van der Waals surface area contributed by atoms with Crippen LogP contribution in [-0.4, -0.2) is 16.9 Å². The summed E-state index contributed by atoms with van der Waals surface area (Å²) in [5, 5.41) is 0. The molecule has 0 bridgehead atoms. The molecule has 0 saturated heterocycles. The molecule has 0 aromatic heterocycles. The van der Waals surface area contributed by atoms with Crippen LogP contribution in [0.15, 0.2) is 0 Å². The van der Waals surface area contributed by atoms with Gasteiger partial charge in [0.15, 0.2) is 9.76 Å². The van der Waals surface area contributed by atoms with Crippen LogP contribution < -0.4 is 0 Å². The molecule has 6 heavy (non-hydrogen) atoms. The molecule has 0 N–H and O–H groups in total. The topological polar surface area (TPSA) is 9.23 Å². The van der Waals surface area contributed by atoms with Crippen LogP contribution in [0.3, 0.4) is 0 Å². The van der Waals surface area contributed by atoms with Crippen molar-refractivity contribution in [3.05, 3.63) is 0 Å². The molecule has 0 aromatic carbocycles. The minimum atomic E-state index is -0.0783. The highest BCUT2D eigenvalue weighted by Gasteiger charge is 1.77. The van der Waals surface area contributed by atoms with Gasteiger partial charge in [-0.25, -0.2) is 0 Å². The molecule has 0 aliphatic carbocycles. The second-order valence-electron chi connectivity index (χ2n) is 1.35. The Morgan fingerprint density at radius 2 is 2.33 bits per heavy atom. The summed E-state index contributed by atoms with van der Waals surface area (Å²) in [4.78, 5) is 0. The van der Waals surface area contributed by atoms with Crippen molar-refractivity contribution < 1.29 is 4.43 Å².